The SMILES string of the molecule is O=S(O)OCCNc1ccc(F)c(Cl)c1. The molecule has 1 rings (SSSR count). The third-order valence-corrected chi connectivity index (χ3v) is 2.19. The molecule has 0 saturated heterocycles. The normalized spacial score (nSPS) is 12.5. The van der Waals surface area contributed by atoms with E-state index in [-0.39, 0.29) is 11.6 Å². The fourth-order valence-electron chi connectivity index (χ4n) is 0.914. The predicted octanol–water partition coefficient (Wildman–Crippen LogP) is 2.04. The fourth-order valence-corrected chi connectivity index (χ4v) is 1.32. The lowest BCUT2D eigenvalue weighted by molar-refractivity contribution is 0.319. The van der Waals surface area contributed by atoms with Crippen molar-refractivity contribution in [2.45, 2.75) is 0 Å². The van der Waals surface area contributed by atoms with Crippen LogP contribution >= 0.6 is 11.6 Å². The maximum absolute atomic E-state index is 12.7. The summed E-state index contributed by atoms with van der Waals surface area (Å²) in [7, 11) is 0. The minimum absolute atomic E-state index is 0.0200. The average molecular weight is 254 g/mol. The molecule has 1 aromatic rings. The second kappa shape index (κ2) is 6.02. The van der Waals surface area contributed by atoms with E-state index in [1.54, 1.807) is 0 Å². The second-order valence-electron chi connectivity index (χ2n) is 2.59. The van der Waals surface area contributed by atoms with Crippen molar-refractivity contribution in [3.63, 3.8) is 0 Å². The first-order valence-corrected chi connectivity index (χ1v) is 5.43. The Kier molecular flexibility index (Phi) is 4.97. The summed E-state index contributed by atoms with van der Waals surface area (Å²) in [5.74, 6) is -0.491. The fraction of sp³-hybridized carbons (Fsp3) is 0.250. The number of hydrogen-bond acceptors (Lipinski definition) is 3. The molecule has 0 radical (unpaired) electrons. The first kappa shape index (κ1) is 12.4. The lowest BCUT2D eigenvalue weighted by Crippen LogP contribution is -2.10. The smallest absolute Gasteiger partial charge is 0.301 e. The summed E-state index contributed by atoms with van der Waals surface area (Å²) in [6, 6.07) is 4.17. The summed E-state index contributed by atoms with van der Waals surface area (Å²) in [6.45, 7) is 0.395. The Morgan fingerprint density at radius 3 is 2.93 bits per heavy atom. The molecule has 15 heavy (non-hydrogen) atoms. The number of rotatable bonds is 5. The molecule has 1 unspecified atom stereocenters. The molecule has 84 valence electrons. The molecule has 0 fully saturated rings. The lowest BCUT2D eigenvalue weighted by atomic mass is 10.3. The molecule has 0 spiro atoms. The molecule has 0 aliphatic heterocycles. The van der Waals surface area contributed by atoms with Crippen LogP contribution in [0.5, 0.6) is 0 Å². The molecular weight excluding hydrogens is 245 g/mol. The van der Waals surface area contributed by atoms with Crippen molar-refractivity contribution >= 4 is 28.6 Å². The third kappa shape index (κ3) is 4.57. The highest BCUT2D eigenvalue weighted by Gasteiger charge is 2.00. The van der Waals surface area contributed by atoms with Gasteiger partial charge in [0.1, 0.15) is 5.82 Å². The van der Waals surface area contributed by atoms with Gasteiger partial charge in [-0.2, -0.15) is 4.21 Å². The van der Waals surface area contributed by atoms with Crippen molar-refractivity contribution in [3.8, 4) is 0 Å². The van der Waals surface area contributed by atoms with Crippen molar-refractivity contribution in [2.75, 3.05) is 18.5 Å². The van der Waals surface area contributed by atoms with Crippen LogP contribution in [0.25, 0.3) is 0 Å². The van der Waals surface area contributed by atoms with Gasteiger partial charge in [-0.25, -0.2) is 4.39 Å². The Hall–Kier alpha value is -0.690. The number of hydrogen-bond donors (Lipinski definition) is 2. The topological polar surface area (TPSA) is 58.6 Å². The van der Waals surface area contributed by atoms with E-state index in [1.165, 1.54) is 18.2 Å². The van der Waals surface area contributed by atoms with Crippen molar-refractivity contribution in [2.24, 2.45) is 0 Å². The zero-order valence-electron chi connectivity index (χ0n) is 7.57. The van der Waals surface area contributed by atoms with E-state index in [2.05, 4.69) is 9.50 Å². The highest BCUT2D eigenvalue weighted by molar-refractivity contribution is 7.74. The standard InChI is InChI=1S/C8H9ClFNO3S/c9-7-5-6(1-2-8(7)10)11-3-4-14-15(12)13/h1-2,5,11H,3-4H2,(H,12,13). The molecule has 1 aromatic carbocycles. The van der Waals surface area contributed by atoms with Gasteiger partial charge in [-0.1, -0.05) is 11.6 Å². The molecule has 0 bridgehead atoms. The number of halogens is 2. The van der Waals surface area contributed by atoms with Crippen LogP contribution in [0.15, 0.2) is 18.2 Å². The second-order valence-corrected chi connectivity index (χ2v) is 3.67. The number of benzene rings is 1. The Labute approximate surface area is 93.9 Å². The van der Waals surface area contributed by atoms with E-state index in [0.29, 0.717) is 12.2 Å². The van der Waals surface area contributed by atoms with Gasteiger partial charge in [0.05, 0.1) is 11.6 Å². The third-order valence-electron chi connectivity index (χ3n) is 1.53. The monoisotopic (exact) mass is 253 g/mol. The van der Waals surface area contributed by atoms with E-state index in [0.717, 1.165) is 0 Å². The number of nitrogens with one attached hydrogen (secondary N) is 1. The van der Waals surface area contributed by atoms with Crippen LogP contribution in [0.2, 0.25) is 5.02 Å². The minimum atomic E-state index is -2.26. The first-order chi connectivity index (χ1) is 7.09. The zero-order chi connectivity index (χ0) is 11.3. The molecule has 0 aromatic heterocycles. The maximum Gasteiger partial charge on any atom is 0.301 e. The summed E-state index contributed by atoms with van der Waals surface area (Å²) in [6.07, 6.45) is 0. The summed E-state index contributed by atoms with van der Waals surface area (Å²) in [5, 5.41) is 2.87. The van der Waals surface area contributed by atoms with Crippen molar-refractivity contribution in [1.82, 2.24) is 0 Å². The maximum atomic E-state index is 12.7. The van der Waals surface area contributed by atoms with Gasteiger partial charge >= 0.3 is 11.4 Å². The minimum Gasteiger partial charge on any atom is -0.383 e. The van der Waals surface area contributed by atoms with Crippen molar-refractivity contribution in [1.29, 1.82) is 0 Å². The molecule has 0 aliphatic rings. The number of anilines is 1. The molecule has 0 aliphatic carbocycles. The highest BCUT2D eigenvalue weighted by atomic mass is 35.5. The first-order valence-electron chi connectivity index (χ1n) is 4.02. The van der Waals surface area contributed by atoms with Gasteiger partial charge in [-0.05, 0) is 18.2 Å². The summed E-state index contributed by atoms with van der Waals surface area (Å²) in [4.78, 5) is 0. The molecule has 4 nitrogen and oxygen atoms in total. The Morgan fingerprint density at radius 2 is 2.33 bits per heavy atom. The van der Waals surface area contributed by atoms with Gasteiger partial charge in [0.2, 0.25) is 0 Å². The molecule has 0 saturated carbocycles. The van der Waals surface area contributed by atoms with Gasteiger partial charge in [-0.3, -0.25) is 8.74 Å². The largest absolute Gasteiger partial charge is 0.383 e. The molecule has 1 atom stereocenters. The summed E-state index contributed by atoms with van der Waals surface area (Å²) >= 11 is 3.28. The lowest BCUT2D eigenvalue weighted by Gasteiger charge is -2.05. The van der Waals surface area contributed by atoms with Crippen molar-refractivity contribution in [3.05, 3.63) is 29.0 Å². The van der Waals surface area contributed by atoms with E-state index < -0.39 is 17.2 Å². The predicted molar refractivity (Wildman–Crippen MR) is 56.6 cm³/mol. The van der Waals surface area contributed by atoms with Crippen LogP contribution in [-0.4, -0.2) is 21.9 Å². The van der Waals surface area contributed by atoms with Gasteiger partial charge in [0.25, 0.3) is 0 Å². The van der Waals surface area contributed by atoms with Crippen LogP contribution in [0.1, 0.15) is 0 Å². The van der Waals surface area contributed by atoms with Gasteiger partial charge < -0.3 is 5.32 Å². The summed E-state index contributed by atoms with van der Waals surface area (Å²) < 4.78 is 35.5. The van der Waals surface area contributed by atoms with E-state index in [1.807, 2.05) is 0 Å². The van der Waals surface area contributed by atoms with Gasteiger partial charge in [-0.15, -0.1) is 0 Å². The zero-order valence-corrected chi connectivity index (χ0v) is 9.15. The molecule has 7 heteroatoms. The molecule has 0 amide bonds. The Morgan fingerprint density at radius 1 is 1.60 bits per heavy atom. The Balaban J connectivity index is 2.38. The quantitative estimate of drug-likeness (QED) is 0.623. The van der Waals surface area contributed by atoms with E-state index >= 15 is 0 Å². The summed E-state index contributed by atoms with van der Waals surface area (Å²) in [5.41, 5.74) is 0.619. The molecular formula is C8H9ClFNO3S. The van der Waals surface area contributed by atoms with Crippen LogP contribution in [0.3, 0.4) is 0 Å². The molecule has 2 N–H and O–H groups in total. The van der Waals surface area contributed by atoms with Gasteiger partial charge in [0, 0.05) is 12.2 Å². The van der Waals surface area contributed by atoms with E-state index in [9.17, 15) is 8.60 Å². The van der Waals surface area contributed by atoms with Gasteiger partial charge in [0.15, 0.2) is 0 Å². The van der Waals surface area contributed by atoms with Crippen LogP contribution in [-0.2, 0) is 15.5 Å². The van der Waals surface area contributed by atoms with Crippen LogP contribution in [0.4, 0.5) is 10.1 Å². The molecule has 0 heterocycles. The average Bonchev–Trinajstić information content (AvgIpc) is 2.18. The van der Waals surface area contributed by atoms with Crippen LogP contribution in [0, 0.1) is 5.82 Å². The highest BCUT2D eigenvalue weighted by Crippen LogP contribution is 2.18. The van der Waals surface area contributed by atoms with Crippen molar-refractivity contribution < 1.29 is 17.3 Å². The van der Waals surface area contributed by atoms with E-state index in [4.69, 9.17) is 16.2 Å². The van der Waals surface area contributed by atoms with Crippen LogP contribution < -0.4 is 5.32 Å². The Bertz CT molecular complexity index is 364.